The number of halogens is 2. The number of nitriles is 1. The van der Waals surface area contributed by atoms with Crippen LogP contribution in [0.1, 0.15) is 6.92 Å². The van der Waals surface area contributed by atoms with Crippen molar-refractivity contribution in [1.82, 2.24) is 9.97 Å². The van der Waals surface area contributed by atoms with Crippen molar-refractivity contribution in [2.45, 2.75) is 12.2 Å². The molecule has 0 bridgehead atoms. The van der Waals surface area contributed by atoms with Gasteiger partial charge in [0.1, 0.15) is 4.60 Å². The number of hydrogen-bond acceptors (Lipinski definition) is 5. The molecule has 1 aromatic rings. The molecular weight excluding hydrogens is 364 g/mol. The quantitative estimate of drug-likeness (QED) is 0.873. The predicted octanol–water partition coefficient (Wildman–Crippen LogP) is 1.66. The highest BCUT2D eigenvalue weighted by atomic mass is 79.9. The summed E-state index contributed by atoms with van der Waals surface area (Å²) in [5, 5.41) is 7.38. The maximum absolute atomic E-state index is 11.5. The average molecular weight is 370 g/mol. The van der Waals surface area contributed by atoms with Crippen LogP contribution in [0.5, 0.6) is 0 Å². The van der Waals surface area contributed by atoms with Crippen LogP contribution in [0.3, 0.4) is 0 Å². The lowest BCUT2D eigenvalue weighted by atomic mass is 10.5. The summed E-state index contributed by atoms with van der Waals surface area (Å²) >= 11 is 6.14. The highest BCUT2D eigenvalue weighted by Gasteiger charge is 2.21. The van der Waals surface area contributed by atoms with Gasteiger partial charge in [-0.1, -0.05) is 0 Å². The van der Waals surface area contributed by atoms with Gasteiger partial charge in [0, 0.05) is 0 Å². The van der Waals surface area contributed by atoms with E-state index in [4.69, 9.17) is 5.26 Å². The van der Waals surface area contributed by atoms with Crippen LogP contribution >= 0.6 is 31.9 Å². The van der Waals surface area contributed by atoms with Gasteiger partial charge in [0.05, 0.1) is 12.3 Å². The molecule has 6 nitrogen and oxygen atoms in total. The third-order valence-corrected chi connectivity index (χ3v) is 4.04. The zero-order chi connectivity index (χ0) is 12.3. The van der Waals surface area contributed by atoms with Gasteiger partial charge in [0.15, 0.2) is 15.7 Å². The first-order valence-electron chi connectivity index (χ1n) is 3.96. The molecule has 86 valence electrons. The number of anilines is 1. The van der Waals surface area contributed by atoms with Crippen molar-refractivity contribution in [1.29, 1.82) is 5.26 Å². The van der Waals surface area contributed by atoms with Crippen LogP contribution in [-0.4, -0.2) is 23.6 Å². The van der Waals surface area contributed by atoms with Gasteiger partial charge in [-0.3, -0.25) is 4.72 Å². The van der Waals surface area contributed by atoms with Gasteiger partial charge in [0.2, 0.25) is 10.0 Å². The van der Waals surface area contributed by atoms with Crippen LogP contribution in [0, 0.1) is 11.3 Å². The maximum Gasteiger partial charge on any atom is 0.250 e. The lowest BCUT2D eigenvalue weighted by Gasteiger charge is -2.09. The molecule has 1 atom stereocenters. The number of nitrogens with zero attached hydrogens (tertiary/aromatic N) is 3. The van der Waals surface area contributed by atoms with Crippen LogP contribution < -0.4 is 4.72 Å². The Morgan fingerprint density at radius 1 is 1.56 bits per heavy atom. The van der Waals surface area contributed by atoms with E-state index in [9.17, 15) is 8.42 Å². The Morgan fingerprint density at radius 2 is 2.19 bits per heavy atom. The summed E-state index contributed by atoms with van der Waals surface area (Å²) < 4.78 is 26.0. The van der Waals surface area contributed by atoms with E-state index in [1.165, 1.54) is 13.1 Å². The van der Waals surface area contributed by atoms with E-state index in [0.29, 0.717) is 4.60 Å². The van der Waals surface area contributed by atoms with Gasteiger partial charge in [-0.25, -0.2) is 18.4 Å². The van der Waals surface area contributed by atoms with Gasteiger partial charge in [0.25, 0.3) is 0 Å². The van der Waals surface area contributed by atoms with Gasteiger partial charge in [-0.15, -0.1) is 0 Å². The molecule has 0 amide bonds. The Labute approximate surface area is 109 Å². The third-order valence-electron chi connectivity index (χ3n) is 1.59. The molecule has 0 aromatic carbocycles. The van der Waals surface area contributed by atoms with Gasteiger partial charge < -0.3 is 0 Å². The van der Waals surface area contributed by atoms with Crippen molar-refractivity contribution >= 4 is 47.7 Å². The second-order valence-corrected chi connectivity index (χ2v) is 6.32. The van der Waals surface area contributed by atoms with Gasteiger partial charge >= 0.3 is 0 Å². The van der Waals surface area contributed by atoms with Crippen LogP contribution in [0.25, 0.3) is 0 Å². The molecule has 0 aliphatic rings. The predicted molar refractivity (Wildman–Crippen MR) is 65.0 cm³/mol. The molecule has 0 saturated heterocycles. The first kappa shape index (κ1) is 13.3. The Hall–Kier alpha value is -0.720. The van der Waals surface area contributed by atoms with Gasteiger partial charge in [-0.2, -0.15) is 5.26 Å². The van der Waals surface area contributed by atoms with Gasteiger partial charge in [-0.05, 0) is 38.8 Å². The van der Waals surface area contributed by atoms with Crippen molar-refractivity contribution in [3.8, 4) is 6.07 Å². The zero-order valence-corrected chi connectivity index (χ0v) is 12.0. The molecule has 1 N–H and O–H groups in total. The second kappa shape index (κ2) is 5.07. The summed E-state index contributed by atoms with van der Waals surface area (Å²) in [5.41, 5.74) is 0. The molecule has 0 fully saturated rings. The molecule has 0 spiro atoms. The number of sulfonamides is 1. The van der Waals surface area contributed by atoms with E-state index >= 15 is 0 Å². The van der Waals surface area contributed by atoms with Crippen molar-refractivity contribution in [2.24, 2.45) is 0 Å². The molecular formula is C7H6Br2N4O2S. The van der Waals surface area contributed by atoms with Crippen LogP contribution in [0.4, 0.5) is 5.82 Å². The molecule has 9 heteroatoms. The second-order valence-electron chi connectivity index (χ2n) is 2.75. The fourth-order valence-corrected chi connectivity index (χ4v) is 2.48. The first-order chi connectivity index (χ1) is 7.36. The standard InChI is InChI=1S/C7H6Br2N4O2S/c1-4(2-10)16(14,15)13-7-6(9)12-5(8)3-11-7/h3-4H,1H3,(H,11,13). The lowest BCUT2D eigenvalue weighted by Crippen LogP contribution is -2.24. The van der Waals surface area contributed by atoms with Crippen LogP contribution in [0.15, 0.2) is 15.4 Å². The lowest BCUT2D eigenvalue weighted by molar-refractivity contribution is 0.597. The zero-order valence-electron chi connectivity index (χ0n) is 7.98. The summed E-state index contributed by atoms with van der Waals surface area (Å²) in [6, 6.07) is 1.63. The molecule has 1 aromatic heterocycles. The topological polar surface area (TPSA) is 95.7 Å². The Morgan fingerprint density at radius 3 is 2.69 bits per heavy atom. The number of hydrogen-bond donors (Lipinski definition) is 1. The Balaban J connectivity index is 3.03. The van der Waals surface area contributed by atoms with E-state index in [2.05, 4.69) is 46.5 Å². The Bertz CT molecular complexity index is 540. The molecule has 1 heterocycles. The van der Waals surface area contributed by atoms with E-state index in [1.54, 1.807) is 6.07 Å². The normalized spacial score (nSPS) is 12.9. The molecule has 16 heavy (non-hydrogen) atoms. The monoisotopic (exact) mass is 368 g/mol. The van der Waals surface area contributed by atoms with E-state index in [-0.39, 0.29) is 10.4 Å². The SMILES string of the molecule is CC(C#N)S(=O)(=O)Nc1ncc(Br)nc1Br. The highest BCUT2D eigenvalue weighted by Crippen LogP contribution is 2.21. The minimum absolute atomic E-state index is 0.0466. The molecule has 0 radical (unpaired) electrons. The van der Waals surface area contributed by atoms with Crippen LogP contribution in [-0.2, 0) is 10.0 Å². The molecule has 0 aliphatic carbocycles. The van der Waals surface area contributed by atoms with Crippen molar-refractivity contribution in [2.75, 3.05) is 4.72 Å². The summed E-state index contributed by atoms with van der Waals surface area (Å²) in [6.07, 6.45) is 1.35. The van der Waals surface area contributed by atoms with Crippen molar-refractivity contribution < 1.29 is 8.42 Å². The van der Waals surface area contributed by atoms with Crippen molar-refractivity contribution in [3.05, 3.63) is 15.4 Å². The summed E-state index contributed by atoms with van der Waals surface area (Å²) in [7, 11) is -3.76. The maximum atomic E-state index is 11.5. The highest BCUT2D eigenvalue weighted by molar-refractivity contribution is 9.11. The van der Waals surface area contributed by atoms with E-state index in [1.807, 2.05) is 0 Å². The molecule has 1 unspecified atom stereocenters. The largest absolute Gasteiger partial charge is 0.264 e. The van der Waals surface area contributed by atoms with Crippen molar-refractivity contribution in [3.63, 3.8) is 0 Å². The first-order valence-corrected chi connectivity index (χ1v) is 7.09. The average Bonchev–Trinajstić information content (AvgIpc) is 2.21. The van der Waals surface area contributed by atoms with E-state index in [0.717, 1.165) is 0 Å². The fourth-order valence-electron chi connectivity index (χ4n) is 0.708. The molecule has 0 saturated carbocycles. The fraction of sp³-hybridized carbons (Fsp3) is 0.286. The number of aromatic nitrogens is 2. The molecule has 1 rings (SSSR count). The third kappa shape index (κ3) is 3.13. The Kier molecular flexibility index (Phi) is 4.23. The number of rotatable bonds is 3. The minimum atomic E-state index is -3.76. The van der Waals surface area contributed by atoms with Crippen LogP contribution in [0.2, 0.25) is 0 Å². The minimum Gasteiger partial charge on any atom is -0.264 e. The smallest absolute Gasteiger partial charge is 0.250 e. The summed E-state index contributed by atoms with van der Waals surface area (Å²) in [4.78, 5) is 7.73. The molecule has 0 aliphatic heterocycles. The summed E-state index contributed by atoms with van der Waals surface area (Å²) in [6.45, 7) is 1.28. The van der Waals surface area contributed by atoms with E-state index < -0.39 is 15.3 Å². The summed E-state index contributed by atoms with van der Waals surface area (Å²) in [5.74, 6) is 0.0466. The number of nitrogens with one attached hydrogen (secondary N) is 1.